The van der Waals surface area contributed by atoms with Crippen LogP contribution < -0.4 is 5.32 Å². The van der Waals surface area contributed by atoms with Crippen LogP contribution in [0.4, 0.5) is 0 Å². The highest BCUT2D eigenvalue weighted by atomic mass is 35.5. The fourth-order valence-corrected chi connectivity index (χ4v) is 2.98. The molecule has 1 heterocycles. The number of aryl methyl sites for hydroxylation is 2. The molecule has 0 saturated heterocycles. The van der Waals surface area contributed by atoms with Crippen molar-refractivity contribution in [2.75, 3.05) is 21.1 Å². The number of hydrogen-bond acceptors (Lipinski definition) is 3. The highest BCUT2D eigenvalue weighted by Gasteiger charge is 2.35. The van der Waals surface area contributed by atoms with E-state index in [1.807, 2.05) is 18.7 Å². The minimum atomic E-state index is 0.0782. The molecule has 1 aromatic rings. The van der Waals surface area contributed by atoms with E-state index in [0.29, 0.717) is 6.04 Å². The van der Waals surface area contributed by atoms with Crippen molar-refractivity contribution in [3.8, 4) is 0 Å². The second-order valence-corrected chi connectivity index (χ2v) is 6.19. The molecule has 0 aliphatic heterocycles. The third kappa shape index (κ3) is 3.18. The van der Waals surface area contributed by atoms with Crippen LogP contribution in [0.3, 0.4) is 0 Å². The van der Waals surface area contributed by atoms with Crippen LogP contribution in [0.1, 0.15) is 38.6 Å². The highest BCUT2D eigenvalue weighted by molar-refractivity contribution is 6.31. The largest absolute Gasteiger partial charge is 0.315 e. The molecule has 4 nitrogen and oxygen atoms in total. The summed E-state index contributed by atoms with van der Waals surface area (Å²) in [6, 6.07) is 0.321. The van der Waals surface area contributed by atoms with Gasteiger partial charge in [0.25, 0.3) is 0 Å². The molecule has 0 aromatic carbocycles. The van der Waals surface area contributed by atoms with Gasteiger partial charge in [0.2, 0.25) is 0 Å². The van der Waals surface area contributed by atoms with E-state index in [2.05, 4.69) is 50.2 Å². The summed E-state index contributed by atoms with van der Waals surface area (Å²) in [5.74, 6) is 0. The summed E-state index contributed by atoms with van der Waals surface area (Å²) in [5, 5.41) is 8.79. The molecular weight excluding hydrogens is 272 g/mol. The van der Waals surface area contributed by atoms with E-state index in [1.165, 1.54) is 0 Å². The van der Waals surface area contributed by atoms with Gasteiger partial charge in [0.05, 0.1) is 16.4 Å². The lowest BCUT2D eigenvalue weighted by atomic mass is 9.85. The molecular formula is C15H29ClN4. The van der Waals surface area contributed by atoms with E-state index in [9.17, 15) is 0 Å². The van der Waals surface area contributed by atoms with Gasteiger partial charge >= 0.3 is 0 Å². The van der Waals surface area contributed by atoms with Crippen LogP contribution in [-0.4, -0.2) is 47.4 Å². The van der Waals surface area contributed by atoms with Gasteiger partial charge in [0.15, 0.2) is 0 Å². The van der Waals surface area contributed by atoms with Crippen molar-refractivity contribution in [2.45, 2.75) is 58.7 Å². The summed E-state index contributed by atoms with van der Waals surface area (Å²) < 4.78 is 2.02. The molecule has 0 radical (unpaired) electrons. The quantitative estimate of drug-likeness (QED) is 0.840. The Bertz CT molecular complexity index is 441. The van der Waals surface area contributed by atoms with Crippen molar-refractivity contribution < 1.29 is 0 Å². The van der Waals surface area contributed by atoms with Gasteiger partial charge in [-0.1, -0.05) is 18.5 Å². The number of likely N-dealkylation sites (N-methyl/N-ethyl adjacent to an activating group) is 2. The predicted molar refractivity (Wildman–Crippen MR) is 86.6 cm³/mol. The number of aromatic nitrogens is 2. The Morgan fingerprint density at radius 1 is 1.40 bits per heavy atom. The summed E-state index contributed by atoms with van der Waals surface area (Å²) >= 11 is 6.44. The number of halogens is 1. The summed E-state index contributed by atoms with van der Waals surface area (Å²) in [7, 11) is 6.30. The molecule has 2 atom stereocenters. The first-order valence-electron chi connectivity index (χ1n) is 7.38. The summed E-state index contributed by atoms with van der Waals surface area (Å²) in [4.78, 5) is 2.29. The molecule has 1 rings (SSSR count). The SMILES string of the molecule is CCn1nc(C)c(Cl)c1CC(NC)C(C)(CC)N(C)C. The maximum Gasteiger partial charge on any atom is 0.0847 e. The van der Waals surface area contributed by atoms with E-state index in [4.69, 9.17) is 11.6 Å². The van der Waals surface area contributed by atoms with Crippen molar-refractivity contribution in [3.05, 3.63) is 16.4 Å². The van der Waals surface area contributed by atoms with Crippen LogP contribution in [0.25, 0.3) is 0 Å². The lowest BCUT2D eigenvalue weighted by Gasteiger charge is -2.42. The summed E-state index contributed by atoms with van der Waals surface area (Å²) in [6.07, 6.45) is 1.95. The van der Waals surface area contributed by atoms with Gasteiger partial charge < -0.3 is 10.2 Å². The van der Waals surface area contributed by atoms with Crippen LogP contribution in [0.15, 0.2) is 0 Å². The molecule has 0 spiro atoms. The smallest absolute Gasteiger partial charge is 0.0847 e. The average molecular weight is 301 g/mol. The number of hydrogen-bond donors (Lipinski definition) is 1. The van der Waals surface area contributed by atoms with Crippen molar-refractivity contribution >= 4 is 11.6 Å². The fourth-order valence-electron chi connectivity index (χ4n) is 2.76. The monoisotopic (exact) mass is 300 g/mol. The fraction of sp³-hybridized carbons (Fsp3) is 0.800. The first-order chi connectivity index (χ1) is 9.31. The third-order valence-electron chi connectivity index (χ3n) is 4.69. The van der Waals surface area contributed by atoms with Gasteiger partial charge in [-0.25, -0.2) is 0 Å². The maximum absolute atomic E-state index is 6.44. The standard InChI is InChI=1S/C15H29ClN4/c1-8-15(4,19(6)7)13(17-5)10-12-14(16)11(3)18-20(12)9-2/h13,17H,8-10H2,1-7H3. The Labute approximate surface area is 128 Å². The molecule has 0 amide bonds. The van der Waals surface area contributed by atoms with Gasteiger partial charge in [-0.3, -0.25) is 4.68 Å². The van der Waals surface area contributed by atoms with Gasteiger partial charge in [-0.15, -0.1) is 0 Å². The van der Waals surface area contributed by atoms with E-state index >= 15 is 0 Å². The zero-order valence-electron chi connectivity index (χ0n) is 13.9. The molecule has 116 valence electrons. The minimum absolute atomic E-state index is 0.0782. The predicted octanol–water partition coefficient (Wildman–Crippen LogP) is 2.73. The Kier molecular flexibility index (Phi) is 6.05. The first-order valence-corrected chi connectivity index (χ1v) is 7.76. The molecule has 0 bridgehead atoms. The van der Waals surface area contributed by atoms with E-state index < -0.39 is 0 Å². The number of nitrogens with one attached hydrogen (secondary N) is 1. The summed E-state index contributed by atoms with van der Waals surface area (Å²) in [5.41, 5.74) is 2.13. The normalized spacial score (nSPS) is 16.4. The molecule has 1 aromatic heterocycles. The van der Waals surface area contributed by atoms with Crippen LogP contribution >= 0.6 is 11.6 Å². The van der Waals surface area contributed by atoms with Crippen molar-refractivity contribution in [1.29, 1.82) is 0 Å². The highest BCUT2D eigenvalue weighted by Crippen LogP contribution is 2.27. The Hall–Kier alpha value is -0.580. The van der Waals surface area contributed by atoms with Crippen molar-refractivity contribution in [1.82, 2.24) is 20.0 Å². The third-order valence-corrected chi connectivity index (χ3v) is 5.18. The Morgan fingerprint density at radius 2 is 2.00 bits per heavy atom. The summed E-state index contributed by atoms with van der Waals surface area (Å²) in [6.45, 7) is 9.45. The molecule has 0 saturated carbocycles. The van der Waals surface area contributed by atoms with Crippen LogP contribution in [-0.2, 0) is 13.0 Å². The first kappa shape index (κ1) is 17.5. The molecule has 1 N–H and O–H groups in total. The van der Waals surface area contributed by atoms with Crippen LogP contribution in [0.5, 0.6) is 0 Å². The zero-order valence-corrected chi connectivity index (χ0v) is 14.7. The second-order valence-electron chi connectivity index (χ2n) is 5.81. The average Bonchev–Trinajstić information content (AvgIpc) is 2.70. The molecule has 5 heteroatoms. The Morgan fingerprint density at radius 3 is 2.40 bits per heavy atom. The lowest BCUT2D eigenvalue weighted by molar-refractivity contribution is 0.115. The van der Waals surface area contributed by atoms with Gasteiger partial charge in [-0.05, 0) is 48.3 Å². The zero-order chi connectivity index (χ0) is 15.5. The Balaban J connectivity index is 3.11. The van der Waals surface area contributed by atoms with Gasteiger partial charge in [0, 0.05) is 24.5 Å². The maximum atomic E-state index is 6.44. The topological polar surface area (TPSA) is 33.1 Å². The number of nitrogens with zero attached hydrogens (tertiary/aromatic N) is 3. The van der Waals surface area contributed by atoms with Gasteiger partial charge in [0.1, 0.15) is 0 Å². The van der Waals surface area contributed by atoms with Crippen LogP contribution in [0.2, 0.25) is 5.02 Å². The van der Waals surface area contributed by atoms with E-state index in [-0.39, 0.29) is 5.54 Å². The lowest BCUT2D eigenvalue weighted by Crippen LogP contribution is -2.57. The molecule has 20 heavy (non-hydrogen) atoms. The molecule has 0 aliphatic rings. The number of rotatable bonds is 7. The molecule has 0 fully saturated rings. The molecule has 0 aliphatic carbocycles. The molecule has 2 unspecified atom stereocenters. The van der Waals surface area contributed by atoms with E-state index in [0.717, 1.165) is 35.8 Å². The van der Waals surface area contributed by atoms with Crippen molar-refractivity contribution in [2.24, 2.45) is 0 Å². The minimum Gasteiger partial charge on any atom is -0.315 e. The van der Waals surface area contributed by atoms with Crippen molar-refractivity contribution in [3.63, 3.8) is 0 Å². The van der Waals surface area contributed by atoms with Gasteiger partial charge in [-0.2, -0.15) is 5.10 Å². The van der Waals surface area contributed by atoms with Crippen LogP contribution in [0, 0.1) is 6.92 Å². The second kappa shape index (κ2) is 6.92. The van der Waals surface area contributed by atoms with E-state index in [1.54, 1.807) is 0 Å².